The summed E-state index contributed by atoms with van der Waals surface area (Å²) in [4.78, 5) is 13.7. The van der Waals surface area contributed by atoms with Gasteiger partial charge in [0.15, 0.2) is 0 Å². The van der Waals surface area contributed by atoms with E-state index >= 15 is 0 Å². The number of ether oxygens (including phenoxy) is 1. The predicted octanol–water partition coefficient (Wildman–Crippen LogP) is 2.80. The molecule has 0 radical (unpaired) electrons. The summed E-state index contributed by atoms with van der Waals surface area (Å²) in [5, 5.41) is 10.6. The molecule has 4 rings (SSSR count). The number of aromatic amines is 1. The molecule has 1 saturated heterocycles. The van der Waals surface area contributed by atoms with E-state index in [0.29, 0.717) is 29.9 Å². The van der Waals surface area contributed by atoms with Crippen LogP contribution in [0.25, 0.3) is 21.9 Å². The van der Waals surface area contributed by atoms with Crippen LogP contribution in [-0.2, 0) is 0 Å². The predicted molar refractivity (Wildman–Crippen MR) is 92.2 cm³/mol. The number of hydrogen-bond donors (Lipinski definition) is 1. The molecular weight excluding hydrogens is 321 g/mol. The van der Waals surface area contributed by atoms with E-state index in [1.54, 1.807) is 24.5 Å². The first-order valence-corrected chi connectivity index (χ1v) is 8.25. The van der Waals surface area contributed by atoms with Crippen molar-refractivity contribution in [3.8, 4) is 11.8 Å². The number of halogens is 1. The molecule has 1 N–H and O–H groups in total. The zero-order valence-electron chi connectivity index (χ0n) is 13.9. The fraction of sp³-hybridized carbons (Fsp3) is 0.389. The normalized spacial score (nSPS) is 17.6. The number of nitrogens with one attached hydrogen (secondary N) is 1. The van der Waals surface area contributed by atoms with Crippen LogP contribution < -0.4 is 4.74 Å². The van der Waals surface area contributed by atoms with Gasteiger partial charge in [0.25, 0.3) is 0 Å². The van der Waals surface area contributed by atoms with Gasteiger partial charge < -0.3 is 14.6 Å². The van der Waals surface area contributed by atoms with Crippen molar-refractivity contribution >= 4 is 21.9 Å². The first-order valence-electron chi connectivity index (χ1n) is 8.25. The highest BCUT2D eigenvalue weighted by Crippen LogP contribution is 2.34. The van der Waals surface area contributed by atoms with Gasteiger partial charge in [-0.2, -0.15) is 5.26 Å². The van der Waals surface area contributed by atoms with Crippen molar-refractivity contribution in [2.24, 2.45) is 0 Å². The van der Waals surface area contributed by atoms with Crippen molar-refractivity contribution in [2.45, 2.75) is 18.5 Å². The molecule has 3 aromatic rings. The van der Waals surface area contributed by atoms with Gasteiger partial charge >= 0.3 is 0 Å². The fourth-order valence-corrected chi connectivity index (χ4v) is 3.24. The summed E-state index contributed by atoms with van der Waals surface area (Å²) < 4.78 is 20.8. The van der Waals surface area contributed by atoms with E-state index in [9.17, 15) is 4.39 Å². The Hall–Kier alpha value is -2.72. The van der Waals surface area contributed by atoms with Gasteiger partial charge in [-0.15, -0.1) is 0 Å². The zero-order chi connectivity index (χ0) is 17.4. The van der Waals surface area contributed by atoms with E-state index in [0.717, 1.165) is 29.4 Å². The number of likely N-dealkylation sites (tertiary alicyclic amines) is 1. The summed E-state index contributed by atoms with van der Waals surface area (Å²) in [6.45, 7) is 1.48. The van der Waals surface area contributed by atoms with Gasteiger partial charge in [0.05, 0.1) is 17.1 Å². The Morgan fingerprint density at radius 3 is 2.96 bits per heavy atom. The molecular formula is C18H18FN5O. The number of pyridine rings is 2. The molecule has 0 amide bonds. The first-order chi connectivity index (χ1) is 12.1. The van der Waals surface area contributed by atoms with E-state index < -0.39 is 5.67 Å². The molecule has 0 spiro atoms. The molecule has 0 unspecified atom stereocenters. The average Bonchev–Trinajstić information content (AvgIpc) is 3.01. The number of nitrogens with zero attached hydrogens (tertiary/aromatic N) is 4. The topological polar surface area (TPSA) is 77.8 Å². The maximum atomic E-state index is 15.0. The van der Waals surface area contributed by atoms with Crippen molar-refractivity contribution < 1.29 is 9.13 Å². The lowest BCUT2D eigenvalue weighted by Gasteiger charge is -2.34. The molecule has 3 aromatic heterocycles. The minimum absolute atomic E-state index is 0.0167. The van der Waals surface area contributed by atoms with Crippen LogP contribution in [0.15, 0.2) is 24.5 Å². The fourth-order valence-electron chi connectivity index (χ4n) is 3.24. The van der Waals surface area contributed by atoms with E-state index in [-0.39, 0.29) is 6.61 Å². The second-order valence-corrected chi connectivity index (χ2v) is 6.63. The lowest BCUT2D eigenvalue weighted by molar-refractivity contribution is 0.0250. The van der Waals surface area contributed by atoms with Crippen LogP contribution in [0.3, 0.4) is 0 Å². The van der Waals surface area contributed by atoms with Gasteiger partial charge in [0, 0.05) is 24.7 Å². The largest absolute Gasteiger partial charge is 0.489 e. The highest BCUT2D eigenvalue weighted by Gasteiger charge is 2.34. The molecule has 0 aromatic carbocycles. The monoisotopic (exact) mass is 339 g/mol. The lowest BCUT2D eigenvalue weighted by atomic mass is 9.94. The molecule has 0 aliphatic carbocycles. The minimum atomic E-state index is -1.31. The van der Waals surface area contributed by atoms with Crippen molar-refractivity contribution in [1.29, 1.82) is 5.26 Å². The standard InChI is InChI=1S/C18H18FN5O/c1-24-6-3-18(19,4-7-24)11-25-15-2-5-21-17-16(15)13-8-12(9-20)22-10-14(13)23-17/h2,5,8,10H,3-4,6-7,11H2,1H3,(H,21,23). The quantitative estimate of drug-likeness (QED) is 0.794. The number of hydrogen-bond acceptors (Lipinski definition) is 5. The maximum absolute atomic E-state index is 15.0. The molecule has 0 saturated carbocycles. The Bertz CT molecular complexity index is 969. The molecule has 6 nitrogen and oxygen atoms in total. The van der Waals surface area contributed by atoms with Crippen LogP contribution in [0, 0.1) is 11.3 Å². The number of rotatable bonds is 3. The number of nitriles is 1. The van der Waals surface area contributed by atoms with Gasteiger partial charge in [-0.25, -0.2) is 14.4 Å². The van der Waals surface area contributed by atoms with Crippen molar-refractivity contribution in [3.63, 3.8) is 0 Å². The summed E-state index contributed by atoms with van der Waals surface area (Å²) in [5.74, 6) is 0.572. The molecule has 7 heteroatoms. The summed E-state index contributed by atoms with van der Waals surface area (Å²) in [5.41, 5.74) is 0.418. The average molecular weight is 339 g/mol. The highest BCUT2D eigenvalue weighted by atomic mass is 19.1. The summed E-state index contributed by atoms with van der Waals surface area (Å²) in [6, 6.07) is 5.47. The van der Waals surface area contributed by atoms with Crippen molar-refractivity contribution in [3.05, 3.63) is 30.2 Å². The molecule has 4 heterocycles. The van der Waals surface area contributed by atoms with E-state index in [1.807, 2.05) is 13.1 Å². The van der Waals surface area contributed by atoms with Gasteiger partial charge in [-0.1, -0.05) is 0 Å². The van der Waals surface area contributed by atoms with Crippen molar-refractivity contribution in [1.82, 2.24) is 19.9 Å². The molecule has 0 bridgehead atoms. The molecule has 1 aliphatic heterocycles. The minimum Gasteiger partial charge on any atom is -0.489 e. The Labute approximate surface area is 144 Å². The number of H-pyrrole nitrogens is 1. The summed E-state index contributed by atoms with van der Waals surface area (Å²) in [7, 11) is 2.00. The first kappa shape index (κ1) is 15.8. The summed E-state index contributed by atoms with van der Waals surface area (Å²) in [6.07, 6.45) is 4.17. The van der Waals surface area contributed by atoms with Gasteiger partial charge in [0.1, 0.15) is 35.4 Å². The Balaban J connectivity index is 1.68. The highest BCUT2D eigenvalue weighted by molar-refractivity contribution is 6.09. The third-order valence-corrected chi connectivity index (χ3v) is 4.82. The maximum Gasteiger partial charge on any atom is 0.147 e. The van der Waals surface area contributed by atoms with Crippen LogP contribution in [-0.4, -0.2) is 52.3 Å². The van der Waals surface area contributed by atoms with Crippen LogP contribution >= 0.6 is 0 Å². The van der Waals surface area contributed by atoms with Crippen LogP contribution in [0.2, 0.25) is 0 Å². The Kier molecular flexibility index (Phi) is 3.77. The second-order valence-electron chi connectivity index (χ2n) is 6.63. The van der Waals surface area contributed by atoms with Gasteiger partial charge in [0.2, 0.25) is 0 Å². The van der Waals surface area contributed by atoms with Gasteiger partial charge in [-0.05, 0) is 32.0 Å². The number of aromatic nitrogens is 3. The summed E-state index contributed by atoms with van der Waals surface area (Å²) >= 11 is 0. The van der Waals surface area contributed by atoms with E-state index in [1.165, 1.54) is 0 Å². The third-order valence-electron chi connectivity index (χ3n) is 4.82. The number of alkyl halides is 1. The zero-order valence-corrected chi connectivity index (χ0v) is 13.9. The van der Waals surface area contributed by atoms with Gasteiger partial charge in [-0.3, -0.25) is 0 Å². The van der Waals surface area contributed by atoms with E-state index in [4.69, 9.17) is 10.00 Å². The molecule has 1 fully saturated rings. The third kappa shape index (κ3) is 2.89. The van der Waals surface area contributed by atoms with Crippen molar-refractivity contribution in [2.75, 3.05) is 26.7 Å². The lowest BCUT2D eigenvalue weighted by Crippen LogP contribution is -2.43. The van der Waals surface area contributed by atoms with Crippen LogP contribution in [0.5, 0.6) is 5.75 Å². The number of piperidine rings is 1. The Morgan fingerprint density at radius 2 is 2.20 bits per heavy atom. The second kappa shape index (κ2) is 5.97. The molecule has 25 heavy (non-hydrogen) atoms. The van der Waals surface area contributed by atoms with Crippen LogP contribution in [0.4, 0.5) is 4.39 Å². The molecule has 128 valence electrons. The Morgan fingerprint density at radius 1 is 1.40 bits per heavy atom. The smallest absolute Gasteiger partial charge is 0.147 e. The SMILES string of the molecule is CN1CCC(F)(COc2ccnc3[nH]c4cnc(C#N)cc4c23)CC1. The molecule has 1 aliphatic rings. The van der Waals surface area contributed by atoms with Crippen LogP contribution in [0.1, 0.15) is 18.5 Å². The van der Waals surface area contributed by atoms with E-state index in [2.05, 4.69) is 19.9 Å². The molecule has 0 atom stereocenters. The number of fused-ring (bicyclic) bond motifs is 3.